The summed E-state index contributed by atoms with van der Waals surface area (Å²) in [6.45, 7) is 2.08. The SMILES string of the molecule is C1#CCCCCCNNNCCCCCCCC1. The normalized spacial score (nSPS) is 22.2. The van der Waals surface area contributed by atoms with Crippen molar-refractivity contribution in [1.29, 1.82) is 0 Å². The lowest BCUT2D eigenvalue weighted by molar-refractivity contribution is 0.415. The van der Waals surface area contributed by atoms with Crippen molar-refractivity contribution in [2.45, 2.75) is 70.6 Å². The van der Waals surface area contributed by atoms with Crippen molar-refractivity contribution in [2.75, 3.05) is 13.1 Å². The predicted octanol–water partition coefficient (Wildman–Crippen LogP) is 2.89. The summed E-state index contributed by atoms with van der Waals surface area (Å²) in [5, 5.41) is 0. The monoisotopic (exact) mass is 251 g/mol. The van der Waals surface area contributed by atoms with Crippen molar-refractivity contribution < 1.29 is 0 Å². The van der Waals surface area contributed by atoms with Gasteiger partial charge in [-0.15, -0.1) is 11.8 Å². The summed E-state index contributed by atoms with van der Waals surface area (Å²) in [4.78, 5) is 0. The van der Waals surface area contributed by atoms with Crippen LogP contribution in [0.25, 0.3) is 0 Å². The smallest absolute Gasteiger partial charge is 0.0113 e. The number of rotatable bonds is 0. The molecular formula is C15H29N3. The Hall–Kier alpha value is -0.560. The molecule has 0 radical (unpaired) electrons. The van der Waals surface area contributed by atoms with E-state index in [1.165, 1.54) is 57.8 Å². The summed E-state index contributed by atoms with van der Waals surface area (Å²) < 4.78 is 0. The third-order valence-corrected chi connectivity index (χ3v) is 3.26. The largest absolute Gasteiger partial charge is 0.244 e. The Balaban J connectivity index is 2.09. The van der Waals surface area contributed by atoms with Crippen LogP contribution in [0.5, 0.6) is 0 Å². The maximum atomic E-state index is 3.30. The predicted molar refractivity (Wildman–Crippen MR) is 77.7 cm³/mol. The fraction of sp³-hybridized carbons (Fsp3) is 0.867. The Bertz CT molecular complexity index is 208. The van der Waals surface area contributed by atoms with E-state index in [4.69, 9.17) is 0 Å². The minimum Gasteiger partial charge on any atom is -0.244 e. The first-order valence-corrected chi connectivity index (χ1v) is 7.66. The molecule has 0 aromatic heterocycles. The van der Waals surface area contributed by atoms with Gasteiger partial charge in [-0.25, -0.2) is 10.9 Å². The molecule has 0 amide bonds. The highest BCUT2D eigenvalue weighted by atomic mass is 15.6. The van der Waals surface area contributed by atoms with Gasteiger partial charge in [-0.2, -0.15) is 5.53 Å². The lowest BCUT2D eigenvalue weighted by Gasteiger charge is -2.08. The molecular weight excluding hydrogens is 222 g/mol. The highest BCUT2D eigenvalue weighted by Crippen LogP contribution is 2.06. The molecule has 3 nitrogen and oxygen atoms in total. The number of hydrogen-bond acceptors (Lipinski definition) is 3. The van der Waals surface area contributed by atoms with E-state index in [2.05, 4.69) is 28.2 Å². The lowest BCUT2D eigenvalue weighted by atomic mass is 10.1. The minimum atomic E-state index is 1.03. The van der Waals surface area contributed by atoms with Gasteiger partial charge in [-0.05, 0) is 25.7 Å². The lowest BCUT2D eigenvalue weighted by Crippen LogP contribution is -2.44. The van der Waals surface area contributed by atoms with Crippen LogP contribution >= 0.6 is 0 Å². The van der Waals surface area contributed by atoms with Gasteiger partial charge in [0.25, 0.3) is 0 Å². The average Bonchev–Trinajstić information content (AvgIpc) is 2.39. The van der Waals surface area contributed by atoms with Crippen molar-refractivity contribution in [3.8, 4) is 11.8 Å². The number of hydrazine groups is 2. The molecule has 0 aromatic rings. The summed E-state index contributed by atoms with van der Waals surface area (Å²) in [6, 6.07) is 0. The number of nitrogens with one attached hydrogen (secondary N) is 3. The minimum absolute atomic E-state index is 1.03. The van der Waals surface area contributed by atoms with Crippen LogP contribution < -0.4 is 16.4 Å². The highest BCUT2D eigenvalue weighted by Gasteiger charge is 1.92. The second kappa shape index (κ2) is 12.9. The van der Waals surface area contributed by atoms with E-state index in [1.807, 2.05) is 0 Å². The molecule has 1 rings (SSSR count). The van der Waals surface area contributed by atoms with Gasteiger partial charge in [0.1, 0.15) is 0 Å². The second-order valence-electron chi connectivity index (χ2n) is 5.01. The van der Waals surface area contributed by atoms with E-state index in [0.717, 1.165) is 25.9 Å². The van der Waals surface area contributed by atoms with Crippen LogP contribution in [0.3, 0.4) is 0 Å². The second-order valence-corrected chi connectivity index (χ2v) is 5.01. The van der Waals surface area contributed by atoms with E-state index < -0.39 is 0 Å². The standard InChI is InChI=1S/C15H29N3/c1-2-4-6-8-10-12-14-16-18-17-15-13-11-9-7-5-3-1/h16-18H,1-2,4,6-15H2. The van der Waals surface area contributed by atoms with E-state index in [0.29, 0.717) is 0 Å². The summed E-state index contributed by atoms with van der Waals surface area (Å²) in [5.41, 5.74) is 9.46. The van der Waals surface area contributed by atoms with Gasteiger partial charge in [0.2, 0.25) is 0 Å². The zero-order chi connectivity index (χ0) is 12.7. The molecule has 104 valence electrons. The zero-order valence-electron chi connectivity index (χ0n) is 11.7. The van der Waals surface area contributed by atoms with E-state index >= 15 is 0 Å². The van der Waals surface area contributed by atoms with Gasteiger partial charge in [0.05, 0.1) is 0 Å². The fourth-order valence-electron chi connectivity index (χ4n) is 2.10. The molecule has 18 heavy (non-hydrogen) atoms. The van der Waals surface area contributed by atoms with Crippen LogP contribution in [0.4, 0.5) is 0 Å². The molecule has 0 fully saturated rings. The van der Waals surface area contributed by atoms with Crippen molar-refractivity contribution >= 4 is 0 Å². The Morgan fingerprint density at radius 2 is 0.944 bits per heavy atom. The van der Waals surface area contributed by atoms with Crippen LogP contribution in [0.1, 0.15) is 70.6 Å². The first kappa shape index (κ1) is 15.5. The van der Waals surface area contributed by atoms with Gasteiger partial charge in [-0.3, -0.25) is 0 Å². The Labute approximate surface area is 112 Å². The van der Waals surface area contributed by atoms with Crippen LogP contribution in [0.2, 0.25) is 0 Å². The molecule has 0 aromatic carbocycles. The molecule has 3 N–H and O–H groups in total. The van der Waals surface area contributed by atoms with Gasteiger partial charge >= 0.3 is 0 Å². The van der Waals surface area contributed by atoms with Gasteiger partial charge in [0, 0.05) is 25.9 Å². The molecule has 3 heteroatoms. The summed E-state index contributed by atoms with van der Waals surface area (Å²) in [7, 11) is 0. The molecule has 0 bridgehead atoms. The highest BCUT2D eigenvalue weighted by molar-refractivity contribution is 4.98. The van der Waals surface area contributed by atoms with Crippen LogP contribution in [0, 0.1) is 11.8 Å². The first-order valence-electron chi connectivity index (χ1n) is 7.66. The van der Waals surface area contributed by atoms with E-state index in [-0.39, 0.29) is 0 Å². The van der Waals surface area contributed by atoms with Gasteiger partial charge in [-0.1, -0.05) is 32.1 Å². The molecule has 0 unspecified atom stereocenters. The average molecular weight is 251 g/mol. The van der Waals surface area contributed by atoms with E-state index in [9.17, 15) is 0 Å². The summed E-state index contributed by atoms with van der Waals surface area (Å²) >= 11 is 0. The molecule has 0 aliphatic carbocycles. The van der Waals surface area contributed by atoms with Crippen LogP contribution in [-0.2, 0) is 0 Å². The molecule has 0 spiro atoms. The first-order chi connectivity index (χ1) is 9.00. The third kappa shape index (κ3) is 10.6. The molecule has 0 atom stereocenters. The molecule has 1 heterocycles. The summed E-state index contributed by atoms with van der Waals surface area (Å²) in [5.74, 6) is 6.59. The maximum Gasteiger partial charge on any atom is 0.0113 e. The topological polar surface area (TPSA) is 36.1 Å². The Morgan fingerprint density at radius 1 is 0.500 bits per heavy atom. The number of hydrogen-bond donors (Lipinski definition) is 3. The quantitative estimate of drug-likeness (QED) is 0.579. The zero-order valence-corrected chi connectivity index (χ0v) is 11.7. The van der Waals surface area contributed by atoms with Crippen molar-refractivity contribution in [3.05, 3.63) is 0 Å². The van der Waals surface area contributed by atoms with Crippen LogP contribution in [0.15, 0.2) is 0 Å². The van der Waals surface area contributed by atoms with Crippen molar-refractivity contribution in [2.24, 2.45) is 0 Å². The molecule has 0 saturated carbocycles. The Kier molecular flexibility index (Phi) is 11.1. The van der Waals surface area contributed by atoms with Gasteiger partial charge < -0.3 is 0 Å². The Morgan fingerprint density at radius 3 is 1.56 bits per heavy atom. The molecule has 0 saturated heterocycles. The molecule has 1 aliphatic rings. The van der Waals surface area contributed by atoms with Gasteiger partial charge in [0.15, 0.2) is 0 Å². The maximum absolute atomic E-state index is 3.30. The fourth-order valence-corrected chi connectivity index (χ4v) is 2.10. The van der Waals surface area contributed by atoms with E-state index in [1.54, 1.807) is 0 Å². The van der Waals surface area contributed by atoms with Crippen molar-refractivity contribution in [1.82, 2.24) is 16.4 Å². The van der Waals surface area contributed by atoms with Crippen LogP contribution in [-0.4, -0.2) is 13.1 Å². The third-order valence-electron chi connectivity index (χ3n) is 3.26. The van der Waals surface area contributed by atoms with Crippen molar-refractivity contribution in [3.63, 3.8) is 0 Å². The summed E-state index contributed by atoms with van der Waals surface area (Å²) in [6.07, 6.45) is 13.9. The molecule has 1 aliphatic heterocycles.